The highest BCUT2D eigenvalue weighted by molar-refractivity contribution is 5.94. The molecule has 0 radical (unpaired) electrons. The predicted octanol–water partition coefficient (Wildman–Crippen LogP) is 4.14. The van der Waals surface area contributed by atoms with E-state index in [-0.39, 0.29) is 11.3 Å². The van der Waals surface area contributed by atoms with Crippen molar-refractivity contribution in [1.82, 2.24) is 0 Å². The Hall–Kier alpha value is -3.33. The van der Waals surface area contributed by atoms with Gasteiger partial charge in [0.15, 0.2) is 0 Å². The molecule has 0 aliphatic carbocycles. The van der Waals surface area contributed by atoms with Gasteiger partial charge in [0.05, 0.1) is 0 Å². The second-order valence-corrected chi connectivity index (χ2v) is 6.15. The molecule has 6 nitrogen and oxygen atoms in total. The molecule has 1 heterocycles. The van der Waals surface area contributed by atoms with E-state index in [1.807, 2.05) is 31.2 Å². The van der Waals surface area contributed by atoms with Crippen LogP contribution in [-0.2, 0) is 9.53 Å². The fourth-order valence-electron chi connectivity index (χ4n) is 2.80. The summed E-state index contributed by atoms with van der Waals surface area (Å²) in [6, 6.07) is 12.9. The lowest BCUT2D eigenvalue weighted by molar-refractivity contribution is -0.328. The van der Waals surface area contributed by atoms with Crippen molar-refractivity contribution >= 4 is 16.9 Å². The third-order valence-corrected chi connectivity index (χ3v) is 4.10. The number of hydrogen-bond acceptors (Lipinski definition) is 5. The van der Waals surface area contributed by atoms with Gasteiger partial charge in [-0.2, -0.15) is 0 Å². The Morgan fingerprint density at radius 3 is 2.52 bits per heavy atom. The van der Waals surface area contributed by atoms with E-state index in [1.165, 1.54) is 18.2 Å². The standard InChI is InChI=1S/C20H15F3O6/c1-11-4-2-3-5-13(11)15-9-18(24)29-16-8-12(6-7-14(15)16)28-17(19(25)26)10-27-20(21,22)23/h2-9,17H,10H2,1H3,(H,25,26)/t17-/m1/s1. The summed E-state index contributed by atoms with van der Waals surface area (Å²) in [5.74, 6) is -1.72. The van der Waals surface area contributed by atoms with Crippen LogP contribution in [0, 0.1) is 6.92 Å². The number of carboxylic acids is 1. The van der Waals surface area contributed by atoms with E-state index < -0.39 is 30.7 Å². The van der Waals surface area contributed by atoms with Crippen LogP contribution >= 0.6 is 0 Å². The molecule has 1 N–H and O–H groups in total. The van der Waals surface area contributed by atoms with Gasteiger partial charge in [0.25, 0.3) is 0 Å². The first-order valence-electron chi connectivity index (χ1n) is 8.38. The highest BCUT2D eigenvalue weighted by atomic mass is 19.4. The summed E-state index contributed by atoms with van der Waals surface area (Å²) >= 11 is 0. The molecule has 2 aromatic carbocycles. The zero-order valence-corrected chi connectivity index (χ0v) is 15.0. The lowest BCUT2D eigenvalue weighted by Gasteiger charge is -2.17. The maximum absolute atomic E-state index is 12.2. The number of fused-ring (bicyclic) bond motifs is 1. The maximum atomic E-state index is 12.2. The molecule has 0 fully saturated rings. The molecule has 3 rings (SSSR count). The Kier molecular flexibility index (Phi) is 5.60. The van der Waals surface area contributed by atoms with Crippen molar-refractivity contribution in [2.24, 2.45) is 0 Å². The summed E-state index contributed by atoms with van der Waals surface area (Å²) in [5.41, 5.74) is 1.81. The summed E-state index contributed by atoms with van der Waals surface area (Å²) < 4.78 is 50.4. The van der Waals surface area contributed by atoms with Crippen molar-refractivity contribution in [3.8, 4) is 16.9 Å². The Bertz CT molecular complexity index is 1100. The number of carbonyl (C=O) groups is 1. The minimum Gasteiger partial charge on any atom is -0.478 e. The fraction of sp³-hybridized carbons (Fsp3) is 0.200. The lowest BCUT2D eigenvalue weighted by Crippen LogP contribution is -2.34. The molecule has 1 atom stereocenters. The zero-order valence-electron chi connectivity index (χ0n) is 15.0. The molecule has 0 aliphatic heterocycles. The molecule has 0 aliphatic rings. The Labute approximate surface area is 162 Å². The average molecular weight is 408 g/mol. The molecule has 0 saturated carbocycles. The number of alkyl halides is 3. The third-order valence-electron chi connectivity index (χ3n) is 4.10. The number of rotatable bonds is 6. The van der Waals surface area contributed by atoms with Crippen LogP contribution in [0.4, 0.5) is 13.2 Å². The van der Waals surface area contributed by atoms with Gasteiger partial charge in [-0.15, -0.1) is 13.2 Å². The van der Waals surface area contributed by atoms with Crippen LogP contribution in [0.2, 0.25) is 0 Å². The van der Waals surface area contributed by atoms with E-state index in [1.54, 1.807) is 6.07 Å². The van der Waals surface area contributed by atoms with Gasteiger partial charge in [-0.05, 0) is 30.2 Å². The smallest absolute Gasteiger partial charge is 0.478 e. The van der Waals surface area contributed by atoms with Gasteiger partial charge in [-0.1, -0.05) is 24.3 Å². The zero-order chi connectivity index (χ0) is 21.2. The highest BCUT2D eigenvalue weighted by Gasteiger charge is 2.33. The van der Waals surface area contributed by atoms with Crippen LogP contribution in [0.3, 0.4) is 0 Å². The van der Waals surface area contributed by atoms with Gasteiger partial charge in [-0.25, -0.2) is 9.59 Å². The minimum absolute atomic E-state index is 0.0826. The van der Waals surface area contributed by atoms with Crippen molar-refractivity contribution in [2.75, 3.05) is 6.61 Å². The number of aliphatic carboxylic acids is 1. The molecule has 0 unspecified atom stereocenters. The number of hydrogen-bond donors (Lipinski definition) is 1. The fourth-order valence-corrected chi connectivity index (χ4v) is 2.80. The molecule has 152 valence electrons. The van der Waals surface area contributed by atoms with Crippen LogP contribution in [0.25, 0.3) is 22.1 Å². The van der Waals surface area contributed by atoms with Crippen LogP contribution < -0.4 is 10.4 Å². The van der Waals surface area contributed by atoms with E-state index in [0.29, 0.717) is 10.9 Å². The van der Waals surface area contributed by atoms with Gasteiger partial charge in [0.1, 0.15) is 17.9 Å². The topological polar surface area (TPSA) is 86.0 Å². The molecule has 0 bridgehead atoms. The second kappa shape index (κ2) is 7.96. The SMILES string of the molecule is Cc1ccccc1-c1cc(=O)oc2cc(O[C@H](COC(F)(F)F)C(=O)O)ccc12. The monoisotopic (exact) mass is 408 g/mol. The summed E-state index contributed by atoms with van der Waals surface area (Å²) in [4.78, 5) is 23.2. The van der Waals surface area contributed by atoms with E-state index in [2.05, 4.69) is 4.74 Å². The van der Waals surface area contributed by atoms with Crippen LogP contribution in [-0.4, -0.2) is 30.1 Å². The van der Waals surface area contributed by atoms with Crippen LogP contribution in [0.1, 0.15) is 5.56 Å². The van der Waals surface area contributed by atoms with Crippen molar-refractivity contribution in [1.29, 1.82) is 0 Å². The number of aryl methyl sites for hydroxylation is 1. The largest absolute Gasteiger partial charge is 0.522 e. The number of benzene rings is 2. The third kappa shape index (κ3) is 4.94. The number of carboxylic acid groups (broad SMARTS) is 1. The van der Waals surface area contributed by atoms with Gasteiger partial charge in [-0.3, -0.25) is 4.74 Å². The summed E-state index contributed by atoms with van der Waals surface area (Å²) in [6.07, 6.45) is -6.89. The first-order chi connectivity index (χ1) is 13.6. The van der Waals surface area contributed by atoms with E-state index in [9.17, 15) is 22.8 Å². The van der Waals surface area contributed by atoms with Crippen molar-refractivity contribution in [3.05, 3.63) is 64.5 Å². The first kappa shape index (κ1) is 20.4. The molecule has 0 amide bonds. The molecular weight excluding hydrogens is 393 g/mol. The van der Waals surface area contributed by atoms with Gasteiger partial charge in [0, 0.05) is 23.1 Å². The van der Waals surface area contributed by atoms with Crippen molar-refractivity contribution in [3.63, 3.8) is 0 Å². The summed E-state index contributed by atoms with van der Waals surface area (Å²) in [6.45, 7) is 0.648. The lowest BCUT2D eigenvalue weighted by atomic mass is 9.98. The molecule has 29 heavy (non-hydrogen) atoms. The van der Waals surface area contributed by atoms with Gasteiger partial charge >= 0.3 is 18.0 Å². The van der Waals surface area contributed by atoms with E-state index >= 15 is 0 Å². The van der Waals surface area contributed by atoms with E-state index in [4.69, 9.17) is 14.3 Å². The molecular formula is C20H15F3O6. The van der Waals surface area contributed by atoms with Crippen LogP contribution in [0.15, 0.2) is 57.7 Å². The van der Waals surface area contributed by atoms with Gasteiger partial charge in [0.2, 0.25) is 6.10 Å². The quantitative estimate of drug-likeness (QED) is 0.617. The first-order valence-corrected chi connectivity index (χ1v) is 8.38. The number of halogens is 3. The predicted molar refractivity (Wildman–Crippen MR) is 96.7 cm³/mol. The van der Waals surface area contributed by atoms with Crippen molar-refractivity contribution < 1.29 is 37.0 Å². The summed E-state index contributed by atoms with van der Waals surface area (Å²) in [7, 11) is 0. The summed E-state index contributed by atoms with van der Waals surface area (Å²) in [5, 5.41) is 9.63. The molecule has 3 aromatic rings. The normalized spacial score (nSPS) is 12.7. The molecule has 0 spiro atoms. The number of ether oxygens (including phenoxy) is 2. The molecule has 9 heteroatoms. The molecule has 0 saturated heterocycles. The minimum atomic E-state index is -4.99. The second-order valence-electron chi connectivity index (χ2n) is 6.15. The van der Waals surface area contributed by atoms with Crippen molar-refractivity contribution in [2.45, 2.75) is 19.4 Å². The Morgan fingerprint density at radius 1 is 1.14 bits per heavy atom. The maximum Gasteiger partial charge on any atom is 0.522 e. The van der Waals surface area contributed by atoms with E-state index in [0.717, 1.165) is 11.1 Å². The average Bonchev–Trinajstić information content (AvgIpc) is 2.63. The molecule has 1 aromatic heterocycles. The Morgan fingerprint density at radius 2 is 1.86 bits per heavy atom. The van der Waals surface area contributed by atoms with Gasteiger partial charge < -0.3 is 14.3 Å². The highest BCUT2D eigenvalue weighted by Crippen LogP contribution is 2.31. The van der Waals surface area contributed by atoms with Crippen LogP contribution in [0.5, 0.6) is 5.75 Å². The Balaban J connectivity index is 1.97.